The number of hydrogen-bond donors (Lipinski definition) is 1. The average molecular weight is 323 g/mol. The van der Waals surface area contributed by atoms with Crippen LogP contribution < -0.4 is 0 Å². The van der Waals surface area contributed by atoms with Crippen LogP contribution in [0.2, 0.25) is 0 Å². The van der Waals surface area contributed by atoms with Crippen LogP contribution in [0.15, 0.2) is 11.3 Å². The van der Waals surface area contributed by atoms with Crippen LogP contribution in [-0.2, 0) is 9.59 Å². The van der Waals surface area contributed by atoms with E-state index in [0.717, 1.165) is 19.3 Å². The van der Waals surface area contributed by atoms with Crippen molar-refractivity contribution < 1.29 is 14.7 Å². The number of aliphatic hydroxyl groups is 1. The SMILES string of the molecule is CCCCCCCCCCCCC(=O)C1=C(O)C(C)N(C)C1=O. The molecule has 1 unspecified atom stereocenters. The van der Waals surface area contributed by atoms with Gasteiger partial charge in [-0.2, -0.15) is 0 Å². The van der Waals surface area contributed by atoms with E-state index in [1.54, 1.807) is 14.0 Å². The van der Waals surface area contributed by atoms with Gasteiger partial charge in [0.15, 0.2) is 5.78 Å². The van der Waals surface area contributed by atoms with Crippen molar-refractivity contribution in [1.82, 2.24) is 4.90 Å². The van der Waals surface area contributed by atoms with Gasteiger partial charge in [0.05, 0.1) is 6.04 Å². The highest BCUT2D eigenvalue weighted by Crippen LogP contribution is 2.24. The third-order valence-electron chi connectivity index (χ3n) is 4.80. The minimum absolute atomic E-state index is 0.0101. The van der Waals surface area contributed by atoms with E-state index in [1.165, 1.54) is 49.8 Å². The minimum Gasteiger partial charge on any atom is -0.509 e. The third-order valence-corrected chi connectivity index (χ3v) is 4.80. The van der Waals surface area contributed by atoms with Gasteiger partial charge in [-0.25, -0.2) is 0 Å². The summed E-state index contributed by atoms with van der Waals surface area (Å²) in [5.74, 6) is -0.607. The van der Waals surface area contributed by atoms with Crippen molar-refractivity contribution in [3.63, 3.8) is 0 Å². The molecular formula is C19H33NO3. The number of carbonyl (C=O) groups is 2. The summed E-state index contributed by atoms with van der Waals surface area (Å²) in [5, 5.41) is 9.93. The number of hydrogen-bond acceptors (Lipinski definition) is 3. The lowest BCUT2D eigenvalue weighted by molar-refractivity contribution is -0.128. The molecule has 1 N–H and O–H groups in total. The molecule has 0 radical (unpaired) electrons. The second kappa shape index (κ2) is 10.5. The molecule has 1 rings (SSSR count). The van der Waals surface area contributed by atoms with E-state index in [-0.39, 0.29) is 29.1 Å². The van der Waals surface area contributed by atoms with Gasteiger partial charge >= 0.3 is 0 Å². The first-order chi connectivity index (χ1) is 11.0. The number of likely N-dealkylation sites (N-methyl/N-ethyl adjacent to an activating group) is 1. The Morgan fingerprint density at radius 1 is 1.00 bits per heavy atom. The standard InChI is InChI=1S/C19H33NO3/c1-4-5-6-7-8-9-10-11-12-13-14-16(21)17-18(22)15(2)20(3)19(17)23/h15,22H,4-14H2,1-3H3. The molecule has 23 heavy (non-hydrogen) atoms. The highest BCUT2D eigenvalue weighted by atomic mass is 16.3. The van der Waals surface area contributed by atoms with Crippen molar-refractivity contribution in [2.45, 2.75) is 90.5 Å². The van der Waals surface area contributed by atoms with Crippen LogP contribution in [0.3, 0.4) is 0 Å². The maximum atomic E-state index is 12.1. The molecule has 1 aliphatic rings. The molecule has 0 saturated carbocycles. The Morgan fingerprint density at radius 3 is 1.91 bits per heavy atom. The van der Waals surface area contributed by atoms with E-state index in [9.17, 15) is 14.7 Å². The van der Waals surface area contributed by atoms with E-state index in [4.69, 9.17) is 0 Å². The van der Waals surface area contributed by atoms with E-state index in [2.05, 4.69) is 6.92 Å². The predicted molar refractivity (Wildman–Crippen MR) is 93.4 cm³/mol. The number of Topliss-reactive ketones (excluding diaryl/α,β-unsaturated/α-hetero) is 1. The normalized spacial score (nSPS) is 18.1. The lowest BCUT2D eigenvalue weighted by Crippen LogP contribution is -2.30. The average Bonchev–Trinajstić information content (AvgIpc) is 2.72. The lowest BCUT2D eigenvalue weighted by atomic mass is 10.0. The maximum Gasteiger partial charge on any atom is 0.261 e. The molecular weight excluding hydrogens is 290 g/mol. The number of carbonyl (C=O) groups excluding carboxylic acids is 2. The van der Waals surface area contributed by atoms with Gasteiger partial charge in [-0.1, -0.05) is 64.7 Å². The number of nitrogens with zero attached hydrogens (tertiary/aromatic N) is 1. The molecule has 1 aliphatic heterocycles. The fourth-order valence-electron chi connectivity index (χ4n) is 3.01. The summed E-state index contributed by atoms with van der Waals surface area (Å²) in [7, 11) is 1.62. The number of rotatable bonds is 12. The van der Waals surface area contributed by atoms with E-state index in [1.807, 2.05) is 0 Å². The van der Waals surface area contributed by atoms with Crippen molar-refractivity contribution in [2.24, 2.45) is 0 Å². The van der Waals surface area contributed by atoms with Gasteiger partial charge in [-0.05, 0) is 13.3 Å². The first kappa shape index (κ1) is 19.7. The van der Waals surface area contributed by atoms with E-state index >= 15 is 0 Å². The highest BCUT2D eigenvalue weighted by molar-refractivity contribution is 6.21. The fraction of sp³-hybridized carbons (Fsp3) is 0.789. The summed E-state index contributed by atoms with van der Waals surface area (Å²) in [5.41, 5.74) is 0.0101. The van der Waals surface area contributed by atoms with Crippen molar-refractivity contribution in [3.05, 3.63) is 11.3 Å². The Kier molecular flexibility index (Phi) is 8.97. The Hall–Kier alpha value is -1.32. The molecule has 1 atom stereocenters. The molecule has 0 aromatic rings. The topological polar surface area (TPSA) is 57.6 Å². The predicted octanol–water partition coefficient (Wildman–Crippen LogP) is 4.54. The van der Waals surface area contributed by atoms with E-state index < -0.39 is 0 Å². The summed E-state index contributed by atoms with van der Waals surface area (Å²) in [6.07, 6.45) is 12.5. The van der Waals surface area contributed by atoms with Crippen molar-refractivity contribution in [3.8, 4) is 0 Å². The van der Waals surface area contributed by atoms with Gasteiger partial charge in [0.1, 0.15) is 11.3 Å². The number of unbranched alkanes of at least 4 members (excludes halogenated alkanes) is 9. The summed E-state index contributed by atoms with van der Waals surface area (Å²) in [6, 6.07) is -0.380. The second-order valence-corrected chi connectivity index (χ2v) is 6.71. The zero-order chi connectivity index (χ0) is 17.2. The molecule has 0 spiro atoms. The first-order valence-corrected chi connectivity index (χ1v) is 9.24. The molecule has 4 heteroatoms. The van der Waals surface area contributed by atoms with Crippen LogP contribution in [0.5, 0.6) is 0 Å². The van der Waals surface area contributed by atoms with Crippen LogP contribution in [0.25, 0.3) is 0 Å². The lowest BCUT2D eigenvalue weighted by Gasteiger charge is -2.14. The van der Waals surface area contributed by atoms with Crippen LogP contribution in [0.4, 0.5) is 0 Å². The molecule has 0 aromatic carbocycles. The van der Waals surface area contributed by atoms with Crippen molar-refractivity contribution in [2.75, 3.05) is 7.05 Å². The van der Waals surface area contributed by atoms with Crippen LogP contribution in [0, 0.1) is 0 Å². The van der Waals surface area contributed by atoms with E-state index in [0.29, 0.717) is 6.42 Å². The number of ketones is 1. The Balaban J connectivity index is 2.12. The molecule has 0 saturated heterocycles. The molecule has 1 heterocycles. The summed E-state index contributed by atoms with van der Waals surface area (Å²) in [4.78, 5) is 25.5. The van der Waals surface area contributed by atoms with Gasteiger partial charge in [0, 0.05) is 13.5 Å². The Labute approximate surface area is 140 Å². The van der Waals surface area contributed by atoms with Crippen molar-refractivity contribution in [1.29, 1.82) is 0 Å². The van der Waals surface area contributed by atoms with Crippen LogP contribution >= 0.6 is 0 Å². The van der Waals surface area contributed by atoms with Gasteiger partial charge in [0.25, 0.3) is 5.91 Å². The van der Waals surface area contributed by atoms with Gasteiger partial charge in [-0.15, -0.1) is 0 Å². The van der Waals surface area contributed by atoms with Crippen LogP contribution in [-0.4, -0.2) is 34.8 Å². The number of aliphatic hydroxyl groups excluding tert-OH is 1. The molecule has 0 fully saturated rings. The largest absolute Gasteiger partial charge is 0.509 e. The summed E-state index contributed by atoms with van der Waals surface area (Å²) in [6.45, 7) is 3.96. The second-order valence-electron chi connectivity index (χ2n) is 6.71. The molecule has 0 aliphatic carbocycles. The molecule has 0 bridgehead atoms. The summed E-state index contributed by atoms with van der Waals surface area (Å²) >= 11 is 0. The quantitative estimate of drug-likeness (QED) is 0.424. The van der Waals surface area contributed by atoms with Gasteiger partial charge in [-0.3, -0.25) is 9.59 Å². The third kappa shape index (κ3) is 6.00. The Bertz CT molecular complexity index is 428. The first-order valence-electron chi connectivity index (χ1n) is 9.24. The smallest absolute Gasteiger partial charge is 0.261 e. The number of amides is 1. The maximum absolute atomic E-state index is 12.1. The minimum atomic E-state index is -0.380. The van der Waals surface area contributed by atoms with Gasteiger partial charge < -0.3 is 10.0 Å². The van der Waals surface area contributed by atoms with Crippen molar-refractivity contribution >= 4 is 11.7 Å². The molecule has 0 aromatic heterocycles. The monoisotopic (exact) mass is 323 g/mol. The zero-order valence-electron chi connectivity index (χ0n) is 15.1. The molecule has 132 valence electrons. The van der Waals surface area contributed by atoms with Crippen LogP contribution in [0.1, 0.15) is 84.5 Å². The molecule has 1 amide bonds. The zero-order valence-corrected chi connectivity index (χ0v) is 15.1. The fourth-order valence-corrected chi connectivity index (χ4v) is 3.01. The molecule has 4 nitrogen and oxygen atoms in total. The Morgan fingerprint density at radius 2 is 1.48 bits per heavy atom. The summed E-state index contributed by atoms with van der Waals surface area (Å²) < 4.78 is 0. The highest BCUT2D eigenvalue weighted by Gasteiger charge is 2.37. The van der Waals surface area contributed by atoms with Gasteiger partial charge in [0.2, 0.25) is 0 Å².